The van der Waals surface area contributed by atoms with Gasteiger partial charge in [-0.05, 0) is 43.6 Å². The van der Waals surface area contributed by atoms with E-state index >= 15 is 0 Å². The van der Waals surface area contributed by atoms with Gasteiger partial charge in [0.15, 0.2) is 0 Å². The summed E-state index contributed by atoms with van der Waals surface area (Å²) < 4.78 is 5.07. The van der Waals surface area contributed by atoms with Crippen LogP contribution in [0, 0.1) is 0 Å². The summed E-state index contributed by atoms with van der Waals surface area (Å²) >= 11 is 1.36. The third kappa shape index (κ3) is 3.13. The van der Waals surface area contributed by atoms with Crippen LogP contribution in [0.4, 0.5) is 5.00 Å². The van der Waals surface area contributed by atoms with E-state index in [0.29, 0.717) is 23.1 Å². The Labute approximate surface area is 116 Å². The van der Waals surface area contributed by atoms with E-state index in [4.69, 9.17) is 10.5 Å². The molecule has 2 rings (SSSR count). The number of nitrogens with one attached hydrogen (secondary N) is 1. The first-order chi connectivity index (χ1) is 9.04. The average Bonchev–Trinajstić information content (AvgIpc) is 3.11. The van der Waals surface area contributed by atoms with Crippen molar-refractivity contribution in [3.63, 3.8) is 0 Å². The minimum absolute atomic E-state index is 0.297. The smallest absolute Gasteiger partial charge is 0.341 e. The second-order valence-electron chi connectivity index (χ2n) is 4.67. The van der Waals surface area contributed by atoms with Gasteiger partial charge in [0.1, 0.15) is 5.00 Å². The van der Waals surface area contributed by atoms with Gasteiger partial charge in [0.2, 0.25) is 5.91 Å². The largest absolute Gasteiger partial charge is 0.462 e. The van der Waals surface area contributed by atoms with Crippen LogP contribution in [0.2, 0.25) is 0 Å². The summed E-state index contributed by atoms with van der Waals surface area (Å²) in [7, 11) is 0. The van der Waals surface area contributed by atoms with Gasteiger partial charge in [-0.3, -0.25) is 4.79 Å². The van der Waals surface area contributed by atoms with E-state index in [1.54, 1.807) is 13.8 Å². The van der Waals surface area contributed by atoms with Crippen molar-refractivity contribution in [2.24, 2.45) is 5.73 Å². The molecule has 5 nitrogen and oxygen atoms in total. The van der Waals surface area contributed by atoms with Crippen LogP contribution in [0.3, 0.4) is 0 Å². The first-order valence-electron chi connectivity index (χ1n) is 6.39. The molecule has 0 aliphatic heterocycles. The van der Waals surface area contributed by atoms with Crippen molar-refractivity contribution < 1.29 is 14.3 Å². The molecule has 1 unspecified atom stereocenters. The van der Waals surface area contributed by atoms with Crippen molar-refractivity contribution in [3.8, 4) is 0 Å². The van der Waals surface area contributed by atoms with Gasteiger partial charge in [-0.1, -0.05) is 0 Å². The van der Waals surface area contributed by atoms with E-state index in [9.17, 15) is 9.59 Å². The van der Waals surface area contributed by atoms with Crippen molar-refractivity contribution in [3.05, 3.63) is 16.5 Å². The summed E-state index contributed by atoms with van der Waals surface area (Å²) in [6.07, 6.45) is 2.17. The lowest BCUT2D eigenvalue weighted by molar-refractivity contribution is -0.117. The standard InChI is InChI=1S/C13H18N2O3S/c1-3-18-13(17)10-9(8-4-5-8)6-19-12(10)15-11(16)7(2)14/h6-8H,3-5,14H2,1-2H3,(H,15,16). The van der Waals surface area contributed by atoms with Crippen LogP contribution in [0.15, 0.2) is 5.38 Å². The molecular formula is C13H18N2O3S. The first kappa shape index (κ1) is 14.0. The lowest BCUT2D eigenvalue weighted by Gasteiger charge is -2.09. The zero-order valence-corrected chi connectivity index (χ0v) is 11.9. The van der Waals surface area contributed by atoms with E-state index in [0.717, 1.165) is 18.4 Å². The highest BCUT2D eigenvalue weighted by atomic mass is 32.1. The summed E-state index contributed by atoms with van der Waals surface area (Å²) in [5, 5.41) is 5.18. The van der Waals surface area contributed by atoms with E-state index in [2.05, 4.69) is 5.32 Å². The summed E-state index contributed by atoms with van der Waals surface area (Å²) in [6, 6.07) is -0.610. The van der Waals surface area contributed by atoms with Crippen LogP contribution < -0.4 is 11.1 Å². The molecule has 3 N–H and O–H groups in total. The molecule has 1 heterocycles. The number of hydrogen-bond donors (Lipinski definition) is 2. The van der Waals surface area contributed by atoms with Crippen molar-refractivity contribution in [2.45, 2.75) is 38.6 Å². The van der Waals surface area contributed by atoms with Crippen molar-refractivity contribution in [1.82, 2.24) is 0 Å². The maximum atomic E-state index is 12.0. The molecule has 6 heteroatoms. The number of rotatable bonds is 5. The summed E-state index contributed by atoms with van der Waals surface area (Å²) in [4.78, 5) is 23.7. The fourth-order valence-corrected chi connectivity index (χ4v) is 2.83. The highest BCUT2D eigenvalue weighted by molar-refractivity contribution is 7.15. The van der Waals surface area contributed by atoms with Gasteiger partial charge in [-0.25, -0.2) is 4.79 Å². The fourth-order valence-electron chi connectivity index (χ4n) is 1.80. The normalized spacial score (nSPS) is 15.9. The number of carbonyl (C=O) groups is 2. The predicted octanol–water partition coefficient (Wildman–Crippen LogP) is 2.09. The topological polar surface area (TPSA) is 81.4 Å². The minimum Gasteiger partial charge on any atom is -0.462 e. The minimum atomic E-state index is -0.610. The highest BCUT2D eigenvalue weighted by Gasteiger charge is 2.32. The first-order valence-corrected chi connectivity index (χ1v) is 7.27. The maximum absolute atomic E-state index is 12.0. The number of thiophene rings is 1. The number of amides is 1. The van der Waals surface area contributed by atoms with Crippen LogP contribution in [-0.2, 0) is 9.53 Å². The quantitative estimate of drug-likeness (QED) is 0.810. The highest BCUT2D eigenvalue weighted by Crippen LogP contribution is 2.46. The van der Waals surface area contributed by atoms with Gasteiger partial charge in [-0.2, -0.15) is 0 Å². The molecule has 1 aromatic heterocycles. The van der Waals surface area contributed by atoms with Crippen molar-refractivity contribution in [2.75, 3.05) is 11.9 Å². The lowest BCUT2D eigenvalue weighted by atomic mass is 10.1. The number of anilines is 1. The van der Waals surface area contributed by atoms with Crippen molar-refractivity contribution >= 4 is 28.2 Å². The molecule has 0 spiro atoms. The molecule has 1 aliphatic carbocycles. The van der Waals surface area contributed by atoms with E-state index in [1.807, 2.05) is 5.38 Å². The Kier molecular flexibility index (Phi) is 4.21. The Morgan fingerprint density at radius 3 is 2.79 bits per heavy atom. The number of carbonyl (C=O) groups excluding carboxylic acids is 2. The Bertz CT molecular complexity index is 492. The number of nitrogens with two attached hydrogens (primary N) is 1. The SMILES string of the molecule is CCOC(=O)c1c(C2CC2)csc1NC(=O)C(C)N. The summed E-state index contributed by atoms with van der Waals surface area (Å²) in [5.74, 6) is -0.239. The van der Waals surface area contributed by atoms with Gasteiger partial charge in [0.05, 0.1) is 18.2 Å². The second kappa shape index (κ2) is 5.71. The van der Waals surface area contributed by atoms with Gasteiger partial charge >= 0.3 is 5.97 Å². The molecule has 1 amide bonds. The van der Waals surface area contributed by atoms with Gasteiger partial charge in [0, 0.05) is 0 Å². The molecule has 1 fully saturated rings. The van der Waals surface area contributed by atoms with Crippen LogP contribution in [-0.4, -0.2) is 24.5 Å². The fraction of sp³-hybridized carbons (Fsp3) is 0.538. The van der Waals surface area contributed by atoms with E-state index < -0.39 is 6.04 Å². The molecule has 0 aromatic carbocycles. The Balaban J connectivity index is 2.27. The monoisotopic (exact) mass is 282 g/mol. The molecule has 104 valence electrons. The Hall–Kier alpha value is -1.40. The van der Waals surface area contributed by atoms with Crippen LogP contribution in [0.25, 0.3) is 0 Å². The maximum Gasteiger partial charge on any atom is 0.341 e. The molecule has 0 saturated heterocycles. The van der Waals surface area contributed by atoms with Gasteiger partial charge < -0.3 is 15.8 Å². The Morgan fingerprint density at radius 2 is 2.26 bits per heavy atom. The molecule has 1 atom stereocenters. The molecule has 19 heavy (non-hydrogen) atoms. The zero-order valence-electron chi connectivity index (χ0n) is 11.1. The van der Waals surface area contributed by atoms with Crippen LogP contribution >= 0.6 is 11.3 Å². The molecule has 1 saturated carbocycles. The third-order valence-corrected chi connectivity index (χ3v) is 3.88. The zero-order chi connectivity index (χ0) is 14.0. The Morgan fingerprint density at radius 1 is 1.58 bits per heavy atom. The number of ether oxygens (including phenoxy) is 1. The molecule has 0 bridgehead atoms. The van der Waals surface area contributed by atoms with Crippen LogP contribution in [0.5, 0.6) is 0 Å². The van der Waals surface area contributed by atoms with E-state index in [-0.39, 0.29) is 11.9 Å². The molecule has 1 aromatic rings. The summed E-state index contributed by atoms with van der Waals surface area (Å²) in [6.45, 7) is 3.69. The predicted molar refractivity (Wildman–Crippen MR) is 74.5 cm³/mol. The number of esters is 1. The second-order valence-corrected chi connectivity index (χ2v) is 5.55. The van der Waals surface area contributed by atoms with Crippen molar-refractivity contribution in [1.29, 1.82) is 0 Å². The number of hydrogen-bond acceptors (Lipinski definition) is 5. The van der Waals surface area contributed by atoms with Crippen LogP contribution in [0.1, 0.15) is 48.5 Å². The third-order valence-electron chi connectivity index (χ3n) is 2.97. The average molecular weight is 282 g/mol. The van der Waals surface area contributed by atoms with E-state index in [1.165, 1.54) is 11.3 Å². The van der Waals surface area contributed by atoms with Gasteiger partial charge in [0.25, 0.3) is 0 Å². The molecule has 1 aliphatic rings. The molecular weight excluding hydrogens is 264 g/mol. The van der Waals surface area contributed by atoms with Gasteiger partial charge in [-0.15, -0.1) is 11.3 Å². The molecule has 0 radical (unpaired) electrons. The summed E-state index contributed by atoms with van der Waals surface area (Å²) in [5.41, 5.74) is 7.02. The lowest BCUT2D eigenvalue weighted by Crippen LogP contribution is -2.32.